The van der Waals surface area contributed by atoms with Gasteiger partial charge in [0.15, 0.2) is 0 Å². The average Bonchev–Trinajstić information content (AvgIpc) is 3.09. The zero-order valence-electron chi connectivity index (χ0n) is 19.2. The third-order valence-corrected chi connectivity index (χ3v) is 5.88. The molecule has 8 nitrogen and oxygen atoms in total. The number of amides is 1. The zero-order valence-corrected chi connectivity index (χ0v) is 20.1. The molecule has 1 heterocycles. The van der Waals surface area contributed by atoms with Gasteiger partial charge < -0.3 is 19.5 Å². The minimum Gasteiger partial charge on any atom is -0.462 e. The van der Waals surface area contributed by atoms with Crippen molar-refractivity contribution in [1.82, 2.24) is 4.90 Å². The van der Waals surface area contributed by atoms with Crippen LogP contribution in [0.3, 0.4) is 0 Å². The second-order valence-electron chi connectivity index (χ2n) is 7.27. The number of rotatable bonds is 12. The Morgan fingerprint density at radius 3 is 2.42 bits per heavy atom. The molecule has 0 unspecified atom stereocenters. The fourth-order valence-electron chi connectivity index (χ4n) is 2.99. The quantitative estimate of drug-likeness (QED) is 0.368. The number of carbonyl (C=O) groups excluding carboxylic acids is 3. The Morgan fingerprint density at radius 1 is 1.09 bits per heavy atom. The van der Waals surface area contributed by atoms with Gasteiger partial charge in [-0.05, 0) is 50.6 Å². The Hall–Kier alpha value is -2.82. The van der Waals surface area contributed by atoms with E-state index < -0.39 is 11.9 Å². The second kappa shape index (κ2) is 13.0. The van der Waals surface area contributed by atoms with Crippen molar-refractivity contribution in [2.75, 3.05) is 52.4 Å². The third kappa shape index (κ3) is 7.92. The van der Waals surface area contributed by atoms with Crippen molar-refractivity contribution in [3.8, 4) is 0 Å². The normalized spacial score (nSPS) is 10.8. The van der Waals surface area contributed by atoms with Crippen LogP contribution < -0.4 is 5.32 Å². The molecule has 0 radical (unpaired) electrons. The van der Waals surface area contributed by atoms with Crippen LogP contribution in [0.4, 0.5) is 9.39 Å². The Labute approximate surface area is 196 Å². The van der Waals surface area contributed by atoms with Crippen LogP contribution in [0.2, 0.25) is 0 Å². The Balaban J connectivity index is 2.07. The van der Waals surface area contributed by atoms with E-state index in [0.29, 0.717) is 18.5 Å². The summed E-state index contributed by atoms with van der Waals surface area (Å²) in [5.74, 6) is -1.86. The Kier molecular flexibility index (Phi) is 10.4. The van der Waals surface area contributed by atoms with Crippen molar-refractivity contribution in [3.05, 3.63) is 51.7 Å². The molecule has 0 bridgehead atoms. The van der Waals surface area contributed by atoms with Crippen LogP contribution in [0, 0.1) is 12.7 Å². The highest BCUT2D eigenvalue weighted by Gasteiger charge is 2.27. The van der Waals surface area contributed by atoms with Crippen LogP contribution in [-0.2, 0) is 25.4 Å². The van der Waals surface area contributed by atoms with Crippen LogP contribution in [0.1, 0.15) is 38.1 Å². The van der Waals surface area contributed by atoms with Gasteiger partial charge in [0.1, 0.15) is 22.3 Å². The second-order valence-corrected chi connectivity index (χ2v) is 8.29. The molecule has 1 amide bonds. The Bertz CT molecular complexity index is 961. The van der Waals surface area contributed by atoms with Crippen molar-refractivity contribution in [2.24, 2.45) is 0 Å². The first kappa shape index (κ1) is 26.4. The summed E-state index contributed by atoms with van der Waals surface area (Å²) in [5, 5.41) is 2.96. The Morgan fingerprint density at radius 2 is 1.79 bits per heavy atom. The zero-order chi connectivity index (χ0) is 24.4. The largest absolute Gasteiger partial charge is 0.462 e. The maximum absolute atomic E-state index is 13.0. The lowest BCUT2D eigenvalue weighted by molar-refractivity contribution is -0.117. The molecule has 0 saturated heterocycles. The average molecular weight is 481 g/mol. The van der Waals surface area contributed by atoms with Crippen molar-refractivity contribution >= 4 is 34.2 Å². The summed E-state index contributed by atoms with van der Waals surface area (Å²) < 4.78 is 28.2. The van der Waals surface area contributed by atoms with Crippen LogP contribution in [0.5, 0.6) is 0 Å². The molecule has 180 valence electrons. The van der Waals surface area contributed by atoms with E-state index in [1.54, 1.807) is 33.0 Å². The van der Waals surface area contributed by atoms with Crippen LogP contribution in [-0.4, -0.2) is 69.8 Å². The van der Waals surface area contributed by atoms with E-state index in [2.05, 4.69) is 5.32 Å². The molecular weight excluding hydrogens is 451 g/mol. The number of halogens is 1. The lowest BCUT2D eigenvalue weighted by Gasteiger charge is -2.16. The SMILES string of the molecule is CCOC(=O)c1c(NC(=O)CN(C)CCc2ccc(F)cc2)sc(C(=O)OCCOC)c1C. The predicted octanol–water partition coefficient (Wildman–Crippen LogP) is 3.29. The lowest BCUT2D eigenvalue weighted by atomic mass is 10.1. The van der Waals surface area contributed by atoms with Crippen LogP contribution in [0.15, 0.2) is 24.3 Å². The van der Waals surface area contributed by atoms with Crippen molar-refractivity contribution in [1.29, 1.82) is 0 Å². The highest BCUT2D eigenvalue weighted by atomic mass is 32.1. The fraction of sp³-hybridized carbons (Fsp3) is 0.435. The van der Waals surface area contributed by atoms with Crippen LogP contribution >= 0.6 is 11.3 Å². The topological polar surface area (TPSA) is 94.2 Å². The number of thiophene rings is 1. The molecule has 1 aromatic carbocycles. The number of anilines is 1. The van der Waals surface area contributed by atoms with Gasteiger partial charge in [-0.1, -0.05) is 12.1 Å². The number of nitrogens with one attached hydrogen (secondary N) is 1. The smallest absolute Gasteiger partial charge is 0.348 e. The molecule has 1 N–H and O–H groups in total. The summed E-state index contributed by atoms with van der Waals surface area (Å²) in [6.07, 6.45) is 0.647. The summed E-state index contributed by atoms with van der Waals surface area (Å²) in [7, 11) is 3.28. The number of nitrogens with zero attached hydrogens (tertiary/aromatic N) is 1. The fourth-order valence-corrected chi connectivity index (χ4v) is 4.09. The van der Waals surface area contributed by atoms with Crippen LogP contribution in [0.25, 0.3) is 0 Å². The summed E-state index contributed by atoms with van der Waals surface area (Å²) in [5.41, 5.74) is 1.49. The highest BCUT2D eigenvalue weighted by Crippen LogP contribution is 2.34. The van der Waals surface area contributed by atoms with E-state index in [-0.39, 0.29) is 53.5 Å². The van der Waals surface area contributed by atoms with Crippen molar-refractivity contribution in [3.63, 3.8) is 0 Å². The molecule has 10 heteroatoms. The third-order valence-electron chi connectivity index (χ3n) is 4.69. The molecule has 1 aromatic heterocycles. The monoisotopic (exact) mass is 480 g/mol. The maximum Gasteiger partial charge on any atom is 0.348 e. The minimum atomic E-state index is -0.623. The maximum atomic E-state index is 13.0. The molecule has 0 atom stereocenters. The first-order valence-electron chi connectivity index (χ1n) is 10.5. The molecule has 0 saturated carbocycles. The van der Waals surface area contributed by atoms with Gasteiger partial charge in [0.05, 0.1) is 25.3 Å². The van der Waals surface area contributed by atoms with Gasteiger partial charge in [-0.25, -0.2) is 14.0 Å². The number of ether oxygens (including phenoxy) is 3. The number of esters is 2. The molecule has 33 heavy (non-hydrogen) atoms. The summed E-state index contributed by atoms with van der Waals surface area (Å²) in [6.45, 7) is 4.39. The van der Waals surface area contributed by atoms with E-state index in [9.17, 15) is 18.8 Å². The number of likely N-dealkylation sites (N-methyl/N-ethyl adjacent to an activating group) is 1. The highest BCUT2D eigenvalue weighted by molar-refractivity contribution is 7.18. The predicted molar refractivity (Wildman–Crippen MR) is 123 cm³/mol. The summed E-state index contributed by atoms with van der Waals surface area (Å²) in [6, 6.07) is 6.21. The van der Waals surface area contributed by atoms with Gasteiger partial charge in [-0.2, -0.15) is 0 Å². The minimum absolute atomic E-state index is 0.0635. The first-order chi connectivity index (χ1) is 15.8. The molecule has 0 spiro atoms. The number of carbonyl (C=O) groups is 3. The van der Waals surface area contributed by atoms with E-state index in [1.165, 1.54) is 19.2 Å². The molecule has 2 rings (SSSR count). The van der Waals surface area contributed by atoms with E-state index >= 15 is 0 Å². The van der Waals surface area contributed by atoms with Gasteiger partial charge >= 0.3 is 11.9 Å². The van der Waals surface area contributed by atoms with Gasteiger partial charge in [0.2, 0.25) is 5.91 Å². The summed E-state index contributed by atoms with van der Waals surface area (Å²) >= 11 is 0.971. The van der Waals surface area contributed by atoms with Gasteiger partial charge in [0, 0.05) is 13.7 Å². The van der Waals surface area contributed by atoms with E-state index in [0.717, 1.165) is 16.9 Å². The number of benzene rings is 1. The van der Waals surface area contributed by atoms with E-state index in [1.807, 2.05) is 4.90 Å². The van der Waals surface area contributed by atoms with Gasteiger partial charge in [0.25, 0.3) is 0 Å². The number of methoxy groups -OCH3 is 1. The number of hydrogen-bond acceptors (Lipinski definition) is 8. The standard InChI is InChI=1S/C23H29FN2O6S/c1-5-31-22(28)19-15(2)20(23(29)32-13-12-30-4)33-21(19)25-18(27)14-26(3)11-10-16-6-8-17(24)9-7-16/h6-9H,5,10-14H2,1-4H3,(H,25,27). The molecule has 2 aromatic rings. The van der Waals surface area contributed by atoms with Gasteiger partial charge in [-0.3, -0.25) is 9.69 Å². The van der Waals surface area contributed by atoms with Crippen molar-refractivity contribution in [2.45, 2.75) is 20.3 Å². The molecular formula is C23H29FN2O6S. The molecule has 0 aliphatic rings. The van der Waals surface area contributed by atoms with E-state index in [4.69, 9.17) is 14.2 Å². The first-order valence-corrected chi connectivity index (χ1v) is 11.3. The molecule has 0 fully saturated rings. The lowest BCUT2D eigenvalue weighted by Crippen LogP contribution is -2.31. The van der Waals surface area contributed by atoms with Crippen molar-refractivity contribution < 1.29 is 33.0 Å². The molecule has 0 aliphatic heterocycles. The molecule has 0 aliphatic carbocycles. The number of hydrogen-bond donors (Lipinski definition) is 1. The summed E-state index contributed by atoms with van der Waals surface area (Å²) in [4.78, 5) is 39.6. The van der Waals surface area contributed by atoms with Gasteiger partial charge in [-0.15, -0.1) is 11.3 Å².